The summed E-state index contributed by atoms with van der Waals surface area (Å²) in [5, 5.41) is 4.67. The van der Waals surface area contributed by atoms with Crippen LogP contribution in [0.4, 0.5) is 4.79 Å². The highest BCUT2D eigenvalue weighted by Crippen LogP contribution is 2.06. The van der Waals surface area contributed by atoms with Gasteiger partial charge in [0.1, 0.15) is 30.9 Å². The number of alkyl carbamates (subject to hydrolysis) is 1. The summed E-state index contributed by atoms with van der Waals surface area (Å²) in [6.07, 6.45) is 1.54. The van der Waals surface area contributed by atoms with Gasteiger partial charge in [-0.2, -0.15) is 0 Å². The molecule has 0 radical (unpaired) electrons. The zero-order valence-electron chi connectivity index (χ0n) is 13.4. The Bertz CT molecular complexity index is 458. The summed E-state index contributed by atoms with van der Waals surface area (Å²) in [7, 11) is 1.20. The summed E-state index contributed by atoms with van der Waals surface area (Å²) >= 11 is 0. The highest BCUT2D eigenvalue weighted by molar-refractivity contribution is 5.88. The van der Waals surface area contributed by atoms with Crippen molar-refractivity contribution in [1.29, 1.82) is 0 Å². The lowest BCUT2D eigenvalue weighted by molar-refractivity contribution is -0.141. The van der Waals surface area contributed by atoms with Gasteiger partial charge in [-0.15, -0.1) is 0 Å². The van der Waals surface area contributed by atoms with E-state index in [1.54, 1.807) is 27.7 Å². The lowest BCUT2D eigenvalue weighted by atomic mass is 10.2. The third-order valence-electron chi connectivity index (χ3n) is 2.07. The van der Waals surface area contributed by atoms with Crippen molar-refractivity contribution in [2.75, 3.05) is 20.3 Å². The van der Waals surface area contributed by atoms with E-state index in [4.69, 9.17) is 9.47 Å². The van der Waals surface area contributed by atoms with Gasteiger partial charge < -0.3 is 24.8 Å². The van der Waals surface area contributed by atoms with Crippen molar-refractivity contribution in [2.45, 2.75) is 39.3 Å². The van der Waals surface area contributed by atoms with Gasteiger partial charge in [0.15, 0.2) is 0 Å². The maximum atomic E-state index is 11.9. The molecule has 0 fully saturated rings. The lowest BCUT2D eigenvalue weighted by Gasteiger charge is -2.22. The molecule has 22 heavy (non-hydrogen) atoms. The second kappa shape index (κ2) is 9.50. The van der Waals surface area contributed by atoms with Gasteiger partial charge in [0, 0.05) is 6.92 Å². The summed E-state index contributed by atoms with van der Waals surface area (Å²) < 4.78 is 14.4. The molecule has 0 bridgehead atoms. The molecule has 8 heteroatoms. The molecule has 0 saturated heterocycles. The van der Waals surface area contributed by atoms with E-state index in [9.17, 15) is 14.4 Å². The fourth-order valence-corrected chi connectivity index (χ4v) is 1.18. The van der Waals surface area contributed by atoms with Gasteiger partial charge in [-0.1, -0.05) is 5.92 Å². The maximum absolute atomic E-state index is 11.9. The predicted molar refractivity (Wildman–Crippen MR) is 77.6 cm³/mol. The van der Waals surface area contributed by atoms with E-state index in [0.717, 1.165) is 0 Å². The molecular weight excluding hydrogens is 292 g/mol. The summed E-state index contributed by atoms with van der Waals surface area (Å²) in [6.45, 7) is 6.13. The first kappa shape index (κ1) is 19.6. The van der Waals surface area contributed by atoms with Gasteiger partial charge in [-0.05, 0) is 20.8 Å². The molecule has 0 saturated carbocycles. The molecule has 0 aromatic rings. The van der Waals surface area contributed by atoms with Crippen LogP contribution in [0.5, 0.6) is 0 Å². The highest BCUT2D eigenvalue weighted by Gasteiger charge is 2.25. The van der Waals surface area contributed by atoms with Crippen molar-refractivity contribution in [1.82, 2.24) is 10.6 Å². The molecule has 0 heterocycles. The molecule has 0 unspecified atom stereocenters. The second-order valence-corrected chi connectivity index (χ2v) is 5.16. The first-order chi connectivity index (χ1) is 10.2. The zero-order chi connectivity index (χ0) is 17.2. The Labute approximate surface area is 129 Å². The van der Waals surface area contributed by atoms with Gasteiger partial charge >= 0.3 is 12.1 Å². The number of hydrogen-bond acceptors (Lipinski definition) is 6. The minimum Gasteiger partial charge on any atom is -0.468 e. The monoisotopic (exact) mass is 314 g/mol. The molecule has 2 N–H and O–H groups in total. The number of rotatable bonds is 6. The summed E-state index contributed by atoms with van der Waals surface area (Å²) in [5.41, 5.74) is -0.707. The van der Waals surface area contributed by atoms with Crippen molar-refractivity contribution >= 4 is 18.0 Å². The van der Waals surface area contributed by atoms with Crippen LogP contribution in [0.2, 0.25) is 0 Å². The Morgan fingerprint density at radius 1 is 1.23 bits per heavy atom. The van der Waals surface area contributed by atoms with Crippen molar-refractivity contribution in [3.8, 4) is 12.0 Å². The van der Waals surface area contributed by atoms with Crippen LogP contribution >= 0.6 is 0 Å². The predicted octanol–water partition coefficient (Wildman–Crippen LogP) is 0.166. The maximum Gasteiger partial charge on any atom is 0.408 e. The number of ether oxygens (including phenoxy) is 3. The van der Waals surface area contributed by atoms with Gasteiger partial charge in [-0.25, -0.2) is 4.79 Å². The van der Waals surface area contributed by atoms with Crippen LogP contribution in [0, 0.1) is 12.0 Å². The topological polar surface area (TPSA) is 103 Å². The summed E-state index contributed by atoms with van der Waals surface area (Å²) in [6, 6.07) is -1.06. The van der Waals surface area contributed by atoms with Crippen LogP contribution in [0.25, 0.3) is 0 Å². The van der Waals surface area contributed by atoms with Crippen molar-refractivity contribution in [3.05, 3.63) is 0 Å². The number of esters is 1. The molecule has 1 atom stereocenters. The number of hydrogen-bond donors (Lipinski definition) is 2. The molecule has 0 aliphatic heterocycles. The average Bonchev–Trinajstić information content (AvgIpc) is 2.41. The van der Waals surface area contributed by atoms with E-state index in [1.165, 1.54) is 7.11 Å². The summed E-state index contributed by atoms with van der Waals surface area (Å²) in [4.78, 5) is 34.7. The Balaban J connectivity index is 4.65. The van der Waals surface area contributed by atoms with E-state index in [0.29, 0.717) is 0 Å². The average molecular weight is 314 g/mol. The molecule has 2 amide bonds. The molecule has 8 nitrogen and oxygen atoms in total. The molecule has 0 aromatic carbocycles. The standard InChI is InChI=1S/C14H22N2O6/c1-6-7-21-9-10(12(18)15-8-11(17)20-5)16-13(19)22-14(2,3)4/h10H,8-9H2,1-5H3,(H,15,18)(H,16,19)/t10-/m0/s1. The van der Waals surface area contributed by atoms with E-state index >= 15 is 0 Å². The van der Waals surface area contributed by atoms with Gasteiger partial charge in [0.05, 0.1) is 7.11 Å². The number of carbonyl (C=O) groups excluding carboxylic acids is 3. The van der Waals surface area contributed by atoms with Crippen molar-refractivity contribution in [3.63, 3.8) is 0 Å². The fourth-order valence-electron chi connectivity index (χ4n) is 1.18. The van der Waals surface area contributed by atoms with Gasteiger partial charge in [0.25, 0.3) is 0 Å². The van der Waals surface area contributed by atoms with Crippen LogP contribution in [-0.4, -0.2) is 49.9 Å². The number of methoxy groups -OCH3 is 1. The van der Waals surface area contributed by atoms with Crippen LogP contribution in [-0.2, 0) is 23.8 Å². The molecular formula is C14H22N2O6. The smallest absolute Gasteiger partial charge is 0.408 e. The Morgan fingerprint density at radius 2 is 1.86 bits per heavy atom. The Kier molecular flexibility index (Phi) is 8.45. The van der Waals surface area contributed by atoms with E-state index in [2.05, 4.69) is 27.4 Å². The second-order valence-electron chi connectivity index (χ2n) is 5.16. The van der Waals surface area contributed by atoms with Gasteiger partial charge in [-0.3, -0.25) is 9.59 Å². The first-order valence-electron chi connectivity index (χ1n) is 6.57. The molecule has 0 spiro atoms. The van der Waals surface area contributed by atoms with Crippen LogP contribution in [0.3, 0.4) is 0 Å². The molecule has 124 valence electrons. The lowest BCUT2D eigenvalue weighted by Crippen LogP contribution is -2.51. The molecule has 0 rings (SSSR count). The first-order valence-corrected chi connectivity index (χ1v) is 6.57. The highest BCUT2D eigenvalue weighted by atomic mass is 16.6. The number of amides is 2. The largest absolute Gasteiger partial charge is 0.468 e. The van der Waals surface area contributed by atoms with Gasteiger partial charge in [0.2, 0.25) is 5.91 Å². The Hall–Kier alpha value is -2.43. The molecule has 0 aromatic heterocycles. The third kappa shape index (κ3) is 9.47. The van der Waals surface area contributed by atoms with Crippen molar-refractivity contribution in [2.24, 2.45) is 0 Å². The Morgan fingerprint density at radius 3 is 2.36 bits per heavy atom. The molecule has 0 aliphatic carbocycles. The van der Waals surface area contributed by atoms with Crippen LogP contribution in [0.1, 0.15) is 27.7 Å². The minimum absolute atomic E-state index is 0.187. The van der Waals surface area contributed by atoms with E-state index in [1.807, 2.05) is 0 Å². The fraction of sp³-hybridized carbons (Fsp3) is 0.643. The molecule has 0 aliphatic rings. The quantitative estimate of drug-likeness (QED) is 0.535. The normalized spacial score (nSPS) is 11.3. The van der Waals surface area contributed by atoms with E-state index < -0.39 is 29.6 Å². The van der Waals surface area contributed by atoms with Crippen molar-refractivity contribution < 1.29 is 28.6 Å². The zero-order valence-corrected chi connectivity index (χ0v) is 13.4. The third-order valence-corrected chi connectivity index (χ3v) is 2.07. The van der Waals surface area contributed by atoms with E-state index in [-0.39, 0.29) is 13.2 Å². The summed E-state index contributed by atoms with van der Waals surface area (Å²) in [5.74, 6) is 1.26. The number of carbonyl (C=O) groups is 3. The van der Waals surface area contributed by atoms with Crippen LogP contribution in [0.15, 0.2) is 0 Å². The SMILES string of the molecule is CC#COC[C@H](NC(=O)OC(C)(C)C)C(=O)NCC(=O)OC. The van der Waals surface area contributed by atoms with Crippen LogP contribution < -0.4 is 10.6 Å². The minimum atomic E-state index is -1.06. The number of nitrogens with one attached hydrogen (secondary N) is 2.